The van der Waals surface area contributed by atoms with Gasteiger partial charge in [-0.1, -0.05) is 11.2 Å². The zero-order valence-corrected chi connectivity index (χ0v) is 13.2. The number of halogens is 1. The molecule has 24 heavy (non-hydrogen) atoms. The van der Waals surface area contributed by atoms with Gasteiger partial charge in [-0.15, -0.1) is 0 Å². The van der Waals surface area contributed by atoms with E-state index in [1.807, 2.05) is 6.07 Å². The summed E-state index contributed by atoms with van der Waals surface area (Å²) in [7, 11) is 0. The number of anilines is 1. The standard InChI is InChI=1S/C16H19FN4O3/c17-12-2-1-3-13(10-12)21-8-6-20(7-9-21)11-14-18-15(24-19-14)4-5-16(22)23/h1-3,10H,4-9,11H2,(H,22,23). The lowest BCUT2D eigenvalue weighted by Crippen LogP contribution is -2.46. The lowest BCUT2D eigenvalue weighted by atomic mass is 10.2. The van der Waals surface area contributed by atoms with Crippen molar-refractivity contribution >= 4 is 11.7 Å². The number of carboxylic acids is 1. The molecule has 8 heteroatoms. The number of nitrogens with zero attached hydrogens (tertiary/aromatic N) is 4. The molecule has 3 rings (SSSR count). The summed E-state index contributed by atoms with van der Waals surface area (Å²) in [6.45, 7) is 3.79. The van der Waals surface area contributed by atoms with E-state index in [-0.39, 0.29) is 18.7 Å². The van der Waals surface area contributed by atoms with E-state index in [9.17, 15) is 9.18 Å². The number of aryl methyl sites for hydroxylation is 1. The molecule has 1 N–H and O–H groups in total. The molecule has 0 saturated carbocycles. The minimum absolute atomic E-state index is 0.0199. The maximum Gasteiger partial charge on any atom is 0.303 e. The molecule has 0 spiro atoms. The van der Waals surface area contributed by atoms with Gasteiger partial charge in [0.2, 0.25) is 5.89 Å². The summed E-state index contributed by atoms with van der Waals surface area (Å²) in [5, 5.41) is 12.5. The number of aromatic nitrogens is 2. The Labute approximate surface area is 138 Å². The van der Waals surface area contributed by atoms with Gasteiger partial charge in [-0.2, -0.15) is 4.98 Å². The molecule has 1 aromatic heterocycles. The first-order valence-electron chi connectivity index (χ1n) is 7.86. The van der Waals surface area contributed by atoms with E-state index in [1.54, 1.807) is 12.1 Å². The minimum atomic E-state index is -0.886. The van der Waals surface area contributed by atoms with Gasteiger partial charge in [0.1, 0.15) is 5.82 Å². The zero-order chi connectivity index (χ0) is 16.9. The Balaban J connectivity index is 1.49. The van der Waals surface area contributed by atoms with E-state index in [2.05, 4.69) is 19.9 Å². The first-order valence-corrected chi connectivity index (χ1v) is 7.86. The van der Waals surface area contributed by atoms with Gasteiger partial charge in [0.15, 0.2) is 5.82 Å². The van der Waals surface area contributed by atoms with Crippen LogP contribution >= 0.6 is 0 Å². The van der Waals surface area contributed by atoms with Gasteiger partial charge >= 0.3 is 5.97 Å². The molecular formula is C16H19FN4O3. The number of hydrogen-bond donors (Lipinski definition) is 1. The summed E-state index contributed by atoms with van der Waals surface area (Å²) < 4.78 is 18.4. The highest BCUT2D eigenvalue weighted by Gasteiger charge is 2.19. The Morgan fingerprint density at radius 3 is 2.79 bits per heavy atom. The third kappa shape index (κ3) is 4.29. The minimum Gasteiger partial charge on any atom is -0.481 e. The average Bonchev–Trinajstić information content (AvgIpc) is 3.01. The third-order valence-corrected chi connectivity index (χ3v) is 3.97. The molecule has 7 nitrogen and oxygen atoms in total. The van der Waals surface area contributed by atoms with Crippen molar-refractivity contribution in [3.8, 4) is 0 Å². The highest BCUT2D eigenvalue weighted by atomic mass is 19.1. The normalized spacial score (nSPS) is 15.6. The molecule has 0 atom stereocenters. The van der Waals surface area contributed by atoms with Crippen molar-refractivity contribution in [1.29, 1.82) is 0 Å². The van der Waals surface area contributed by atoms with E-state index in [0.29, 0.717) is 18.3 Å². The van der Waals surface area contributed by atoms with Crippen LogP contribution in [0.3, 0.4) is 0 Å². The molecule has 0 amide bonds. The van der Waals surface area contributed by atoms with Crippen LogP contribution in [-0.2, 0) is 17.8 Å². The van der Waals surface area contributed by atoms with Gasteiger partial charge in [0.05, 0.1) is 13.0 Å². The number of aliphatic carboxylic acids is 1. The van der Waals surface area contributed by atoms with Crippen LogP contribution in [0.25, 0.3) is 0 Å². The Hall–Kier alpha value is -2.48. The number of hydrogen-bond acceptors (Lipinski definition) is 6. The van der Waals surface area contributed by atoms with Crippen LogP contribution in [0, 0.1) is 5.82 Å². The largest absolute Gasteiger partial charge is 0.481 e. The fourth-order valence-corrected chi connectivity index (χ4v) is 2.71. The Morgan fingerprint density at radius 2 is 2.08 bits per heavy atom. The summed E-state index contributed by atoms with van der Waals surface area (Å²) in [5.74, 6) is -0.195. The molecule has 1 aromatic carbocycles. The predicted octanol–water partition coefficient (Wildman–Crippen LogP) is 1.55. The molecular weight excluding hydrogens is 315 g/mol. The highest BCUT2D eigenvalue weighted by Crippen LogP contribution is 2.18. The Morgan fingerprint density at radius 1 is 1.29 bits per heavy atom. The van der Waals surface area contributed by atoms with Crippen molar-refractivity contribution in [2.45, 2.75) is 19.4 Å². The molecule has 2 heterocycles. The molecule has 0 aliphatic carbocycles. The van der Waals surface area contributed by atoms with E-state index >= 15 is 0 Å². The lowest BCUT2D eigenvalue weighted by molar-refractivity contribution is -0.137. The van der Waals surface area contributed by atoms with Gasteiger partial charge in [-0.3, -0.25) is 9.69 Å². The molecule has 0 radical (unpaired) electrons. The van der Waals surface area contributed by atoms with Gasteiger partial charge in [0.25, 0.3) is 0 Å². The van der Waals surface area contributed by atoms with Gasteiger partial charge < -0.3 is 14.5 Å². The van der Waals surface area contributed by atoms with Crippen molar-refractivity contribution in [1.82, 2.24) is 15.0 Å². The number of rotatable bonds is 6. The maximum atomic E-state index is 13.3. The maximum absolute atomic E-state index is 13.3. The topological polar surface area (TPSA) is 82.7 Å². The van der Waals surface area contributed by atoms with Gasteiger partial charge in [0, 0.05) is 38.3 Å². The molecule has 1 aliphatic heterocycles. The van der Waals surface area contributed by atoms with Crippen LogP contribution in [0.5, 0.6) is 0 Å². The lowest BCUT2D eigenvalue weighted by Gasteiger charge is -2.35. The van der Waals surface area contributed by atoms with Crippen LogP contribution in [0.15, 0.2) is 28.8 Å². The van der Waals surface area contributed by atoms with E-state index in [4.69, 9.17) is 9.63 Å². The fourth-order valence-electron chi connectivity index (χ4n) is 2.71. The number of carboxylic acid groups (broad SMARTS) is 1. The second-order valence-corrected chi connectivity index (χ2v) is 5.74. The summed E-state index contributed by atoms with van der Waals surface area (Å²) in [5.41, 5.74) is 0.894. The fraction of sp³-hybridized carbons (Fsp3) is 0.438. The van der Waals surface area contributed by atoms with Gasteiger partial charge in [-0.25, -0.2) is 4.39 Å². The second-order valence-electron chi connectivity index (χ2n) is 5.74. The summed E-state index contributed by atoms with van der Waals surface area (Å²) >= 11 is 0. The van der Waals surface area contributed by atoms with Crippen LogP contribution in [0.4, 0.5) is 10.1 Å². The van der Waals surface area contributed by atoms with Crippen molar-refractivity contribution in [3.63, 3.8) is 0 Å². The quantitative estimate of drug-likeness (QED) is 0.858. The number of benzene rings is 1. The highest BCUT2D eigenvalue weighted by molar-refractivity contribution is 5.66. The van der Waals surface area contributed by atoms with E-state index < -0.39 is 5.97 Å². The first kappa shape index (κ1) is 16.4. The van der Waals surface area contributed by atoms with Crippen molar-refractivity contribution < 1.29 is 18.8 Å². The molecule has 1 saturated heterocycles. The first-order chi connectivity index (χ1) is 11.6. The van der Waals surface area contributed by atoms with E-state index in [1.165, 1.54) is 6.07 Å². The molecule has 2 aromatic rings. The van der Waals surface area contributed by atoms with Crippen molar-refractivity contribution in [2.75, 3.05) is 31.1 Å². The number of piperazine rings is 1. The van der Waals surface area contributed by atoms with E-state index in [0.717, 1.165) is 31.9 Å². The summed E-state index contributed by atoms with van der Waals surface area (Å²) in [4.78, 5) is 19.1. The average molecular weight is 334 g/mol. The Kier molecular flexibility index (Phi) is 5.05. The summed E-state index contributed by atoms with van der Waals surface area (Å²) in [6, 6.07) is 6.61. The van der Waals surface area contributed by atoms with Crippen LogP contribution in [0.2, 0.25) is 0 Å². The molecule has 0 bridgehead atoms. The Bertz CT molecular complexity index is 698. The second kappa shape index (κ2) is 7.39. The zero-order valence-electron chi connectivity index (χ0n) is 13.2. The monoisotopic (exact) mass is 334 g/mol. The predicted molar refractivity (Wildman–Crippen MR) is 84.1 cm³/mol. The molecule has 1 fully saturated rings. The molecule has 0 unspecified atom stereocenters. The van der Waals surface area contributed by atoms with Crippen LogP contribution in [-0.4, -0.2) is 52.3 Å². The smallest absolute Gasteiger partial charge is 0.303 e. The number of carbonyl (C=O) groups is 1. The van der Waals surface area contributed by atoms with Crippen molar-refractivity contribution in [2.24, 2.45) is 0 Å². The third-order valence-electron chi connectivity index (χ3n) is 3.97. The van der Waals surface area contributed by atoms with Crippen LogP contribution in [0.1, 0.15) is 18.1 Å². The van der Waals surface area contributed by atoms with Gasteiger partial charge in [-0.05, 0) is 18.2 Å². The molecule has 128 valence electrons. The SMILES string of the molecule is O=C(O)CCc1nc(CN2CCN(c3cccc(F)c3)CC2)no1. The van der Waals surface area contributed by atoms with Crippen molar-refractivity contribution in [3.05, 3.63) is 41.8 Å². The van der Waals surface area contributed by atoms with Crippen LogP contribution < -0.4 is 4.90 Å². The summed E-state index contributed by atoms with van der Waals surface area (Å²) in [6.07, 6.45) is 0.226. The molecule has 1 aliphatic rings.